The van der Waals surface area contributed by atoms with Crippen LogP contribution < -0.4 is 10.6 Å². The lowest BCUT2D eigenvalue weighted by Gasteiger charge is -2.19. The third-order valence-electron chi connectivity index (χ3n) is 5.29. The van der Waals surface area contributed by atoms with Crippen LogP contribution in [0.15, 0.2) is 48.5 Å². The number of carbonyl (C=O) groups excluding carboxylic acids is 2. The molecular formula is C23H26N2O7. The average Bonchev–Trinajstić information content (AvgIpc) is 3.11. The van der Waals surface area contributed by atoms with Crippen molar-refractivity contribution in [2.75, 3.05) is 26.9 Å². The highest BCUT2D eigenvalue weighted by molar-refractivity contribution is 5.86. The molecule has 0 spiro atoms. The fraction of sp³-hybridized carbons (Fsp3) is 0.348. The van der Waals surface area contributed by atoms with Gasteiger partial charge in [0, 0.05) is 26.0 Å². The molecule has 2 aromatic carbocycles. The molecule has 32 heavy (non-hydrogen) atoms. The highest BCUT2D eigenvalue weighted by atomic mass is 16.5. The van der Waals surface area contributed by atoms with E-state index in [4.69, 9.17) is 14.6 Å². The summed E-state index contributed by atoms with van der Waals surface area (Å²) < 4.78 is 10.4. The number of methoxy groups -OCH3 is 1. The number of aliphatic hydroxyl groups excluding tert-OH is 1. The average molecular weight is 442 g/mol. The number of carboxylic acids is 1. The topological polar surface area (TPSA) is 134 Å². The summed E-state index contributed by atoms with van der Waals surface area (Å²) in [5, 5.41) is 22.9. The number of hydrogen-bond donors (Lipinski definition) is 4. The lowest BCUT2D eigenvalue weighted by Crippen LogP contribution is -2.50. The molecule has 0 saturated heterocycles. The zero-order chi connectivity index (χ0) is 23.1. The van der Waals surface area contributed by atoms with Crippen molar-refractivity contribution in [2.24, 2.45) is 0 Å². The van der Waals surface area contributed by atoms with E-state index >= 15 is 0 Å². The molecular weight excluding hydrogens is 416 g/mol. The number of alkyl carbamates (subject to hydrolysis) is 1. The largest absolute Gasteiger partial charge is 0.479 e. The van der Waals surface area contributed by atoms with Crippen LogP contribution in [0.4, 0.5) is 4.79 Å². The van der Waals surface area contributed by atoms with E-state index in [0.717, 1.165) is 22.3 Å². The first-order valence-electron chi connectivity index (χ1n) is 10.2. The van der Waals surface area contributed by atoms with Gasteiger partial charge >= 0.3 is 12.1 Å². The Hall–Kier alpha value is -3.43. The number of carboxylic acid groups (broad SMARTS) is 1. The Morgan fingerprint density at radius 1 is 1.03 bits per heavy atom. The third kappa shape index (κ3) is 5.43. The first-order chi connectivity index (χ1) is 15.4. The van der Waals surface area contributed by atoms with Gasteiger partial charge in [-0.2, -0.15) is 0 Å². The Kier molecular flexibility index (Phi) is 7.80. The number of benzene rings is 2. The maximum Gasteiger partial charge on any atom is 0.407 e. The molecule has 0 radical (unpaired) electrons. The Balaban J connectivity index is 1.57. The van der Waals surface area contributed by atoms with Crippen molar-refractivity contribution in [3.63, 3.8) is 0 Å². The maximum atomic E-state index is 12.4. The van der Waals surface area contributed by atoms with Crippen molar-refractivity contribution in [3.8, 4) is 11.1 Å². The van der Waals surface area contributed by atoms with Crippen molar-refractivity contribution in [1.82, 2.24) is 10.6 Å². The van der Waals surface area contributed by atoms with Gasteiger partial charge in [0.2, 0.25) is 5.91 Å². The number of fused-ring (bicyclic) bond motifs is 3. The van der Waals surface area contributed by atoms with E-state index < -0.39 is 30.1 Å². The molecule has 0 aliphatic heterocycles. The van der Waals surface area contributed by atoms with Crippen LogP contribution >= 0.6 is 0 Å². The van der Waals surface area contributed by atoms with Crippen LogP contribution in [-0.4, -0.2) is 67.2 Å². The second-order valence-electron chi connectivity index (χ2n) is 7.41. The molecule has 9 nitrogen and oxygen atoms in total. The minimum absolute atomic E-state index is 0.0706. The number of aliphatic carboxylic acids is 1. The summed E-state index contributed by atoms with van der Waals surface area (Å²) in [5.41, 5.74) is 4.36. The molecule has 2 amide bonds. The van der Waals surface area contributed by atoms with Crippen LogP contribution in [0.1, 0.15) is 23.5 Å². The van der Waals surface area contributed by atoms with Crippen LogP contribution in [0.25, 0.3) is 11.1 Å². The van der Waals surface area contributed by atoms with E-state index in [1.165, 1.54) is 7.11 Å². The maximum absolute atomic E-state index is 12.4. The van der Waals surface area contributed by atoms with Gasteiger partial charge in [0.1, 0.15) is 12.6 Å². The summed E-state index contributed by atoms with van der Waals surface area (Å²) in [4.78, 5) is 35.4. The molecule has 1 aliphatic carbocycles. The second kappa shape index (κ2) is 10.7. The highest BCUT2D eigenvalue weighted by Gasteiger charge is 2.29. The standard InChI is InChI=1S/C23H26N2O7/c1-31-13-19(21(27)24-11-10-20(26)22(28)29)25-23(30)32-12-18-16-8-4-2-6-14(16)15-7-3-5-9-17(15)18/h2-9,18-20,26H,10-13H2,1H3,(H,24,27)(H,25,30)(H,28,29)/t19?,20-/m0/s1. The van der Waals surface area contributed by atoms with Gasteiger partial charge in [-0.25, -0.2) is 9.59 Å². The van der Waals surface area contributed by atoms with Gasteiger partial charge in [0.25, 0.3) is 0 Å². The molecule has 2 atom stereocenters. The molecule has 0 heterocycles. The van der Waals surface area contributed by atoms with Crippen molar-refractivity contribution in [1.29, 1.82) is 0 Å². The van der Waals surface area contributed by atoms with Gasteiger partial charge in [-0.15, -0.1) is 0 Å². The van der Waals surface area contributed by atoms with E-state index in [2.05, 4.69) is 10.6 Å². The van der Waals surface area contributed by atoms with E-state index in [1.54, 1.807) is 0 Å². The van der Waals surface area contributed by atoms with E-state index in [0.29, 0.717) is 0 Å². The first-order valence-corrected chi connectivity index (χ1v) is 10.2. The summed E-state index contributed by atoms with van der Waals surface area (Å²) in [6.07, 6.45) is -2.51. The quantitative estimate of drug-likeness (QED) is 0.438. The normalized spacial score (nSPS) is 14.1. The Morgan fingerprint density at radius 2 is 1.62 bits per heavy atom. The smallest absolute Gasteiger partial charge is 0.407 e. The summed E-state index contributed by atoms with van der Waals surface area (Å²) in [6.45, 7) is -0.0671. The van der Waals surface area contributed by atoms with Crippen LogP contribution in [0.3, 0.4) is 0 Å². The summed E-state index contributed by atoms with van der Waals surface area (Å²) in [5.74, 6) is -2.05. The molecule has 3 rings (SSSR count). The first kappa shape index (κ1) is 23.2. The molecule has 1 aliphatic rings. The highest BCUT2D eigenvalue weighted by Crippen LogP contribution is 2.44. The molecule has 9 heteroatoms. The van der Waals surface area contributed by atoms with Crippen molar-refractivity contribution < 1.29 is 34.1 Å². The van der Waals surface area contributed by atoms with E-state index in [-0.39, 0.29) is 32.1 Å². The number of hydrogen-bond acceptors (Lipinski definition) is 6. The van der Waals surface area contributed by atoms with Gasteiger partial charge in [-0.05, 0) is 22.3 Å². The minimum Gasteiger partial charge on any atom is -0.479 e. The minimum atomic E-state index is -1.58. The lowest BCUT2D eigenvalue weighted by atomic mass is 9.98. The molecule has 170 valence electrons. The van der Waals surface area contributed by atoms with E-state index in [1.807, 2.05) is 48.5 Å². The fourth-order valence-corrected chi connectivity index (χ4v) is 3.71. The number of ether oxygens (including phenoxy) is 2. The number of amides is 2. The zero-order valence-corrected chi connectivity index (χ0v) is 17.6. The molecule has 0 fully saturated rings. The van der Waals surface area contributed by atoms with Gasteiger partial charge < -0.3 is 30.3 Å². The SMILES string of the molecule is COCC(NC(=O)OCC1c2ccccc2-c2ccccc21)C(=O)NCC[C@H](O)C(=O)O. The molecule has 2 aromatic rings. The monoisotopic (exact) mass is 442 g/mol. The van der Waals surface area contributed by atoms with Gasteiger partial charge in [0.05, 0.1) is 6.61 Å². The predicted molar refractivity (Wildman–Crippen MR) is 115 cm³/mol. The Labute approximate surface area is 185 Å². The fourth-order valence-electron chi connectivity index (χ4n) is 3.71. The number of nitrogens with one attached hydrogen (secondary N) is 2. The number of carbonyl (C=O) groups is 3. The predicted octanol–water partition coefficient (Wildman–Crippen LogP) is 1.49. The van der Waals surface area contributed by atoms with Crippen molar-refractivity contribution in [2.45, 2.75) is 24.5 Å². The Bertz CT molecular complexity index is 933. The van der Waals surface area contributed by atoms with Crippen LogP contribution in [0.2, 0.25) is 0 Å². The summed E-state index contributed by atoms with van der Waals surface area (Å²) in [7, 11) is 1.38. The third-order valence-corrected chi connectivity index (χ3v) is 5.29. The van der Waals surface area contributed by atoms with Crippen LogP contribution in [0, 0.1) is 0 Å². The van der Waals surface area contributed by atoms with Gasteiger partial charge in [0.15, 0.2) is 6.10 Å². The molecule has 0 aromatic heterocycles. The zero-order valence-electron chi connectivity index (χ0n) is 17.6. The van der Waals surface area contributed by atoms with E-state index in [9.17, 15) is 19.5 Å². The summed E-state index contributed by atoms with van der Waals surface area (Å²) in [6, 6.07) is 14.9. The van der Waals surface area contributed by atoms with Gasteiger partial charge in [-0.1, -0.05) is 48.5 Å². The van der Waals surface area contributed by atoms with Crippen LogP contribution in [-0.2, 0) is 19.1 Å². The summed E-state index contributed by atoms with van der Waals surface area (Å²) >= 11 is 0. The molecule has 1 unspecified atom stereocenters. The second-order valence-corrected chi connectivity index (χ2v) is 7.41. The number of aliphatic hydroxyl groups is 1. The van der Waals surface area contributed by atoms with Crippen LogP contribution in [0.5, 0.6) is 0 Å². The molecule has 0 saturated carbocycles. The van der Waals surface area contributed by atoms with Crippen molar-refractivity contribution in [3.05, 3.63) is 59.7 Å². The van der Waals surface area contributed by atoms with Gasteiger partial charge in [-0.3, -0.25) is 4.79 Å². The molecule has 0 bridgehead atoms. The lowest BCUT2D eigenvalue weighted by molar-refractivity contribution is -0.147. The number of rotatable bonds is 10. The molecule has 4 N–H and O–H groups in total. The van der Waals surface area contributed by atoms with Crippen molar-refractivity contribution >= 4 is 18.0 Å². The Morgan fingerprint density at radius 3 is 2.19 bits per heavy atom.